The Morgan fingerprint density at radius 1 is 0.857 bits per heavy atom. The summed E-state index contributed by atoms with van der Waals surface area (Å²) in [6, 6.07) is 26.5. The molecule has 0 atom stereocenters. The van der Waals surface area contributed by atoms with Crippen LogP contribution in [0.3, 0.4) is 0 Å². The van der Waals surface area contributed by atoms with E-state index in [1.807, 2.05) is 99.1 Å². The minimum absolute atomic E-state index is 0.150. The number of ketones is 1. The Bertz CT molecular complexity index is 2570. The molecule has 288 valence electrons. The highest BCUT2D eigenvalue weighted by atomic mass is 28.4. The first kappa shape index (κ1) is 38.7. The van der Waals surface area contributed by atoms with E-state index in [4.69, 9.17) is 4.43 Å². The Hall–Kier alpha value is -5.59. The molecular weight excluding hydrogens is 742 g/mol. The summed E-state index contributed by atoms with van der Waals surface area (Å²) in [6.07, 6.45) is 1.21. The molecule has 0 aliphatic heterocycles. The summed E-state index contributed by atoms with van der Waals surface area (Å²) in [5, 5.41) is 12.9. The van der Waals surface area contributed by atoms with Gasteiger partial charge in [0.05, 0.1) is 17.6 Å². The van der Waals surface area contributed by atoms with E-state index in [2.05, 4.69) is 4.98 Å². The van der Waals surface area contributed by atoms with E-state index >= 15 is 8.78 Å². The lowest BCUT2D eigenvalue weighted by atomic mass is 9.94. The van der Waals surface area contributed by atoms with Crippen LogP contribution in [0.2, 0.25) is 5.04 Å². The molecule has 0 saturated carbocycles. The van der Waals surface area contributed by atoms with Crippen LogP contribution in [0.1, 0.15) is 48.1 Å². The molecule has 0 spiro atoms. The Labute approximate surface area is 321 Å². The Morgan fingerprint density at radius 2 is 1.45 bits per heavy atom. The van der Waals surface area contributed by atoms with E-state index in [0.29, 0.717) is 45.7 Å². The van der Waals surface area contributed by atoms with Gasteiger partial charge in [-0.05, 0) is 53.0 Å². The first-order chi connectivity index (χ1) is 26.4. The van der Waals surface area contributed by atoms with Crippen molar-refractivity contribution in [3.05, 3.63) is 143 Å². The van der Waals surface area contributed by atoms with Gasteiger partial charge in [0.2, 0.25) is 0 Å². The molecule has 2 aromatic heterocycles. The number of nitrogens with zero attached hydrogens (tertiary/aromatic N) is 3. The van der Waals surface area contributed by atoms with Gasteiger partial charge in [-0.1, -0.05) is 99.6 Å². The number of rotatable bonds is 10. The van der Waals surface area contributed by atoms with Gasteiger partial charge in [-0.3, -0.25) is 4.79 Å². The molecule has 1 N–H and O–H groups in total. The average Bonchev–Trinajstić information content (AvgIpc) is 3.66. The second-order valence-electron chi connectivity index (χ2n) is 15.3. The van der Waals surface area contributed by atoms with E-state index in [9.17, 15) is 23.1 Å². The molecule has 12 heteroatoms. The molecule has 0 fully saturated rings. The number of aromatic hydroxyl groups is 1. The molecule has 6 nitrogen and oxygen atoms in total. The van der Waals surface area contributed by atoms with Crippen LogP contribution < -0.4 is 10.4 Å². The molecule has 7 rings (SSSR count). The predicted molar refractivity (Wildman–Crippen MR) is 211 cm³/mol. The van der Waals surface area contributed by atoms with Crippen LogP contribution in [-0.4, -0.2) is 45.9 Å². The van der Waals surface area contributed by atoms with Gasteiger partial charge in [0.25, 0.3) is 14.2 Å². The van der Waals surface area contributed by atoms with Crippen molar-refractivity contribution in [2.45, 2.75) is 52.1 Å². The number of aryl methyl sites for hydroxylation is 3. The number of phenolic OH excluding ortho intramolecular Hbond substituents is 1. The number of carbonyl (C=O) groups is 1. The molecular formula is C44H40F5N3O3Si. The van der Waals surface area contributed by atoms with Crippen LogP contribution in [-0.2, 0) is 18.0 Å². The first-order valence-electron chi connectivity index (χ1n) is 18.0. The molecule has 2 heterocycles. The van der Waals surface area contributed by atoms with Gasteiger partial charge >= 0.3 is 0 Å². The lowest BCUT2D eigenvalue weighted by Gasteiger charge is -2.43. The molecule has 0 amide bonds. The van der Waals surface area contributed by atoms with Crippen LogP contribution in [0, 0.1) is 31.3 Å². The molecule has 0 radical (unpaired) electrons. The number of para-hydroxylation sites is 1. The molecule has 0 unspecified atom stereocenters. The zero-order chi connectivity index (χ0) is 40.3. The minimum atomic E-state index is -3.54. The van der Waals surface area contributed by atoms with Gasteiger partial charge in [0.1, 0.15) is 17.9 Å². The Kier molecular flexibility index (Phi) is 9.78. The highest BCUT2D eigenvalue weighted by Gasteiger charge is 2.52. The fourth-order valence-corrected chi connectivity index (χ4v) is 12.5. The van der Waals surface area contributed by atoms with Crippen LogP contribution in [0.4, 0.5) is 22.0 Å². The second-order valence-corrected chi connectivity index (χ2v) is 19.6. The van der Waals surface area contributed by atoms with Crippen LogP contribution in [0.5, 0.6) is 5.75 Å². The first-order valence-corrected chi connectivity index (χ1v) is 20.0. The van der Waals surface area contributed by atoms with E-state index in [1.54, 1.807) is 26.0 Å². The van der Waals surface area contributed by atoms with Crippen molar-refractivity contribution in [2.24, 2.45) is 7.05 Å². The lowest BCUT2D eigenvalue weighted by molar-refractivity contribution is -0.0565. The molecule has 0 aliphatic rings. The largest absolute Gasteiger partial charge is 0.505 e. The zero-order valence-electron chi connectivity index (χ0n) is 31.7. The third kappa shape index (κ3) is 6.50. The number of halogens is 5. The van der Waals surface area contributed by atoms with E-state index in [0.717, 1.165) is 10.4 Å². The fraction of sp³-hybridized carbons (Fsp3) is 0.227. The molecule has 7 aromatic rings. The molecule has 0 saturated heterocycles. The number of phenols is 1. The zero-order valence-corrected chi connectivity index (χ0v) is 32.7. The quantitative estimate of drug-likeness (QED) is 0.0651. The smallest absolute Gasteiger partial charge is 0.287 e. The highest BCUT2D eigenvalue weighted by Crippen LogP contribution is 2.44. The maximum Gasteiger partial charge on any atom is 0.287 e. The monoisotopic (exact) mass is 781 g/mol. The summed E-state index contributed by atoms with van der Waals surface area (Å²) in [5.74, 6) is -8.86. The lowest BCUT2D eigenvalue weighted by Crippen LogP contribution is -2.67. The second kappa shape index (κ2) is 14.2. The van der Waals surface area contributed by atoms with Gasteiger partial charge in [-0.25, -0.2) is 26.9 Å². The summed E-state index contributed by atoms with van der Waals surface area (Å²) in [7, 11) is -1.59. The van der Waals surface area contributed by atoms with Crippen molar-refractivity contribution >= 4 is 46.4 Å². The van der Waals surface area contributed by atoms with Gasteiger partial charge in [0.15, 0.2) is 29.0 Å². The van der Waals surface area contributed by atoms with Gasteiger partial charge in [-0.2, -0.15) is 0 Å². The highest BCUT2D eigenvalue weighted by molar-refractivity contribution is 6.99. The summed E-state index contributed by atoms with van der Waals surface area (Å²) >= 11 is 0. The van der Waals surface area contributed by atoms with E-state index in [1.165, 1.54) is 16.8 Å². The summed E-state index contributed by atoms with van der Waals surface area (Å²) in [5.41, 5.74) is 1.71. The van der Waals surface area contributed by atoms with Gasteiger partial charge in [-0.15, -0.1) is 0 Å². The number of carbonyl (C=O) groups excluding carboxylic acids is 1. The fourth-order valence-electron chi connectivity index (χ4n) is 7.87. The molecule has 0 bridgehead atoms. The summed E-state index contributed by atoms with van der Waals surface area (Å²) in [4.78, 5) is 18.5. The Balaban J connectivity index is 1.39. The molecule has 5 aromatic carbocycles. The topological polar surface area (TPSA) is 69.3 Å². The van der Waals surface area contributed by atoms with Crippen LogP contribution in [0.25, 0.3) is 33.1 Å². The number of aromatic nitrogens is 3. The standard InChI is InChI=1S/C44H40F5N3O3Si/c1-26-20-36-39(50-27(2)51(36)6)42(54)37(26)32-19-13-18-31-33(41(53)28-21-34(45)38(47)35(46)22-28)23-52(40(31)32)24-44(48,49)25-55-56(43(3,4)5,29-14-9-7-10-15-29)30-16-11-8-12-17-30/h7-23,54H,24-25H2,1-6H3. The summed E-state index contributed by atoms with van der Waals surface area (Å²) in [6.45, 7) is 7.55. The van der Waals surface area contributed by atoms with Crippen molar-refractivity contribution < 1.29 is 36.3 Å². The van der Waals surface area contributed by atoms with Crippen molar-refractivity contribution in [2.75, 3.05) is 6.61 Å². The van der Waals surface area contributed by atoms with Crippen molar-refractivity contribution in [3.63, 3.8) is 0 Å². The SMILES string of the molecule is Cc1cc2c(nc(C)n2C)c(O)c1-c1cccc2c(C(=O)c3cc(F)c(F)c(F)c3)cn(CC(F)(F)CO[Si](c3ccccc3)(c3ccccc3)C(C)(C)C)c12. The molecule has 0 aliphatic carbocycles. The van der Waals surface area contributed by atoms with Crippen LogP contribution in [0.15, 0.2) is 103 Å². The van der Waals surface area contributed by atoms with Crippen LogP contribution >= 0.6 is 0 Å². The third-order valence-electron chi connectivity index (χ3n) is 10.5. The van der Waals surface area contributed by atoms with Gasteiger partial charge < -0.3 is 18.7 Å². The predicted octanol–water partition coefficient (Wildman–Crippen LogP) is 9.38. The molecule has 56 heavy (non-hydrogen) atoms. The maximum absolute atomic E-state index is 16.8. The van der Waals surface area contributed by atoms with Gasteiger partial charge in [0, 0.05) is 40.9 Å². The maximum atomic E-state index is 16.8. The number of benzene rings is 5. The number of hydrogen-bond donors (Lipinski definition) is 1. The number of alkyl halides is 2. The Morgan fingerprint density at radius 3 is 2.02 bits per heavy atom. The van der Waals surface area contributed by atoms with Crippen molar-refractivity contribution in [1.82, 2.24) is 14.1 Å². The van der Waals surface area contributed by atoms with E-state index < -0.39 is 61.2 Å². The number of fused-ring (bicyclic) bond motifs is 2. The number of hydrogen-bond acceptors (Lipinski definition) is 4. The summed E-state index contributed by atoms with van der Waals surface area (Å²) < 4.78 is 86.0. The van der Waals surface area contributed by atoms with Crippen molar-refractivity contribution in [1.29, 1.82) is 0 Å². The minimum Gasteiger partial charge on any atom is -0.505 e. The van der Waals surface area contributed by atoms with E-state index in [-0.39, 0.29) is 22.2 Å². The van der Waals surface area contributed by atoms with Crippen molar-refractivity contribution in [3.8, 4) is 16.9 Å². The third-order valence-corrected chi connectivity index (χ3v) is 15.5. The number of imidazole rings is 1. The normalized spacial score (nSPS) is 12.6. The average molecular weight is 782 g/mol.